The van der Waals surface area contributed by atoms with Gasteiger partial charge in [-0.1, -0.05) is 6.07 Å². The Labute approximate surface area is 120 Å². The van der Waals surface area contributed by atoms with Gasteiger partial charge in [0, 0.05) is 4.88 Å². The molecular weight excluding hydrogens is 300 g/mol. The number of aryl methyl sites for hydroxylation is 2. The summed E-state index contributed by atoms with van der Waals surface area (Å²) < 4.78 is 26.7. The molecule has 1 aromatic carbocycles. The van der Waals surface area contributed by atoms with Crippen LogP contribution in [0.4, 0.5) is 5.13 Å². The summed E-state index contributed by atoms with van der Waals surface area (Å²) in [6.45, 7) is 3.63. The van der Waals surface area contributed by atoms with E-state index in [1.807, 2.05) is 6.92 Å². The van der Waals surface area contributed by atoms with Gasteiger partial charge in [0.25, 0.3) is 10.0 Å². The molecule has 0 saturated heterocycles. The minimum atomic E-state index is -3.84. The van der Waals surface area contributed by atoms with Gasteiger partial charge >= 0.3 is 5.97 Å². The molecule has 2 aromatic rings. The first-order valence-electron chi connectivity index (χ1n) is 5.60. The van der Waals surface area contributed by atoms with E-state index in [0.717, 1.165) is 16.6 Å². The van der Waals surface area contributed by atoms with Crippen molar-refractivity contribution in [1.82, 2.24) is 4.98 Å². The Kier molecular flexibility index (Phi) is 3.78. The number of thiazole rings is 1. The maximum atomic E-state index is 12.2. The van der Waals surface area contributed by atoms with Gasteiger partial charge in [-0.25, -0.2) is 18.2 Å². The van der Waals surface area contributed by atoms with Crippen molar-refractivity contribution >= 4 is 32.5 Å². The number of carbonyl (C=O) groups is 1. The molecule has 0 amide bonds. The fraction of sp³-hybridized carbons (Fsp3) is 0.167. The van der Waals surface area contributed by atoms with Crippen LogP contribution in [0.2, 0.25) is 0 Å². The van der Waals surface area contributed by atoms with E-state index in [1.54, 1.807) is 6.92 Å². The van der Waals surface area contributed by atoms with Crippen LogP contribution in [0.15, 0.2) is 29.2 Å². The normalized spacial score (nSPS) is 11.3. The fourth-order valence-electron chi connectivity index (χ4n) is 1.49. The standard InChI is InChI=1S/C12H12N2O4S2/c1-7-8(2)19-12(13-7)14-20(17,18)10-5-3-4-9(6-10)11(15)16/h3-6H,1-2H3,(H,13,14)(H,15,16). The number of aromatic carboxylic acids is 1. The second-order valence-electron chi connectivity index (χ2n) is 4.10. The highest BCUT2D eigenvalue weighted by Gasteiger charge is 2.18. The zero-order valence-corrected chi connectivity index (χ0v) is 12.4. The second kappa shape index (κ2) is 5.22. The zero-order valence-electron chi connectivity index (χ0n) is 10.7. The van der Waals surface area contributed by atoms with Crippen molar-refractivity contribution in [3.63, 3.8) is 0 Å². The summed E-state index contributed by atoms with van der Waals surface area (Å²) in [4.78, 5) is 15.8. The summed E-state index contributed by atoms with van der Waals surface area (Å²) in [6, 6.07) is 5.16. The van der Waals surface area contributed by atoms with Crippen LogP contribution >= 0.6 is 11.3 Å². The Hall–Kier alpha value is -1.93. The SMILES string of the molecule is Cc1nc(NS(=O)(=O)c2cccc(C(=O)O)c2)sc1C. The van der Waals surface area contributed by atoms with Crippen molar-refractivity contribution in [2.75, 3.05) is 4.72 Å². The van der Waals surface area contributed by atoms with Gasteiger partial charge in [-0.3, -0.25) is 4.72 Å². The van der Waals surface area contributed by atoms with Gasteiger partial charge in [0.15, 0.2) is 5.13 Å². The van der Waals surface area contributed by atoms with Crippen LogP contribution in [0, 0.1) is 13.8 Å². The topological polar surface area (TPSA) is 96.4 Å². The molecule has 2 rings (SSSR count). The van der Waals surface area contributed by atoms with E-state index >= 15 is 0 Å². The maximum absolute atomic E-state index is 12.2. The molecule has 1 aromatic heterocycles. The van der Waals surface area contributed by atoms with Crippen LogP contribution in [-0.4, -0.2) is 24.5 Å². The minimum Gasteiger partial charge on any atom is -0.478 e. The summed E-state index contributed by atoms with van der Waals surface area (Å²) >= 11 is 1.23. The predicted octanol–water partition coefficient (Wildman–Crippen LogP) is 2.26. The highest BCUT2D eigenvalue weighted by Crippen LogP contribution is 2.24. The summed E-state index contributed by atoms with van der Waals surface area (Å²) in [5, 5.41) is 9.14. The number of benzene rings is 1. The molecule has 0 unspecified atom stereocenters. The first-order valence-corrected chi connectivity index (χ1v) is 7.90. The van der Waals surface area contributed by atoms with E-state index in [2.05, 4.69) is 9.71 Å². The molecule has 106 valence electrons. The van der Waals surface area contributed by atoms with Crippen LogP contribution in [0.1, 0.15) is 20.9 Å². The summed E-state index contributed by atoms with van der Waals surface area (Å²) in [5.74, 6) is -1.18. The molecule has 20 heavy (non-hydrogen) atoms. The van der Waals surface area contributed by atoms with Gasteiger partial charge in [0.05, 0.1) is 16.2 Å². The number of hydrogen-bond acceptors (Lipinski definition) is 5. The average Bonchev–Trinajstić information content (AvgIpc) is 2.67. The van der Waals surface area contributed by atoms with Crippen molar-refractivity contribution in [2.24, 2.45) is 0 Å². The molecule has 0 bridgehead atoms. The molecule has 0 saturated carbocycles. The largest absolute Gasteiger partial charge is 0.478 e. The van der Waals surface area contributed by atoms with Crippen LogP contribution in [0.5, 0.6) is 0 Å². The third-order valence-corrected chi connectivity index (χ3v) is 5.10. The molecule has 0 aliphatic rings. The number of hydrogen-bond donors (Lipinski definition) is 2. The number of aromatic nitrogens is 1. The molecule has 1 heterocycles. The van der Waals surface area contributed by atoms with Gasteiger partial charge in [0.2, 0.25) is 0 Å². The molecule has 0 fully saturated rings. The van der Waals surface area contributed by atoms with E-state index in [9.17, 15) is 13.2 Å². The first kappa shape index (κ1) is 14.5. The smallest absolute Gasteiger partial charge is 0.335 e. The number of rotatable bonds is 4. The number of carboxylic acid groups (broad SMARTS) is 1. The Morgan fingerprint density at radius 1 is 1.35 bits per heavy atom. The maximum Gasteiger partial charge on any atom is 0.335 e. The number of sulfonamides is 1. The lowest BCUT2D eigenvalue weighted by Gasteiger charge is -2.05. The van der Waals surface area contributed by atoms with Gasteiger partial charge in [-0.2, -0.15) is 0 Å². The van der Waals surface area contributed by atoms with E-state index in [1.165, 1.54) is 29.5 Å². The Morgan fingerprint density at radius 3 is 2.60 bits per heavy atom. The number of nitrogens with zero attached hydrogens (tertiary/aromatic N) is 1. The van der Waals surface area contributed by atoms with Gasteiger partial charge in [-0.15, -0.1) is 11.3 Å². The third-order valence-electron chi connectivity index (χ3n) is 2.64. The van der Waals surface area contributed by atoms with E-state index < -0.39 is 16.0 Å². The molecule has 6 nitrogen and oxygen atoms in total. The van der Waals surface area contributed by atoms with Gasteiger partial charge in [-0.05, 0) is 32.0 Å². The second-order valence-corrected chi connectivity index (χ2v) is 6.98. The predicted molar refractivity (Wildman–Crippen MR) is 75.8 cm³/mol. The van der Waals surface area contributed by atoms with Crippen molar-refractivity contribution in [3.8, 4) is 0 Å². The van der Waals surface area contributed by atoms with E-state index in [0.29, 0.717) is 0 Å². The Balaban J connectivity index is 2.35. The Bertz CT molecular complexity index is 746. The molecule has 0 atom stereocenters. The molecule has 0 aliphatic carbocycles. The lowest BCUT2D eigenvalue weighted by molar-refractivity contribution is 0.0696. The summed E-state index contributed by atoms with van der Waals surface area (Å²) in [7, 11) is -3.84. The number of carboxylic acids is 1. The molecule has 0 spiro atoms. The van der Waals surface area contributed by atoms with Crippen molar-refractivity contribution < 1.29 is 18.3 Å². The van der Waals surface area contributed by atoms with Crippen LogP contribution in [-0.2, 0) is 10.0 Å². The molecule has 0 radical (unpaired) electrons. The fourth-order valence-corrected chi connectivity index (χ4v) is 3.58. The highest BCUT2D eigenvalue weighted by atomic mass is 32.2. The lowest BCUT2D eigenvalue weighted by atomic mass is 10.2. The zero-order chi connectivity index (χ0) is 14.9. The Morgan fingerprint density at radius 2 is 2.05 bits per heavy atom. The van der Waals surface area contributed by atoms with E-state index in [-0.39, 0.29) is 15.6 Å². The van der Waals surface area contributed by atoms with E-state index in [4.69, 9.17) is 5.11 Å². The summed E-state index contributed by atoms with van der Waals surface area (Å²) in [6.07, 6.45) is 0. The van der Waals surface area contributed by atoms with Gasteiger partial charge in [0.1, 0.15) is 0 Å². The number of anilines is 1. The first-order chi connectivity index (χ1) is 9.29. The number of nitrogens with one attached hydrogen (secondary N) is 1. The van der Waals surface area contributed by atoms with Gasteiger partial charge < -0.3 is 5.11 Å². The van der Waals surface area contributed by atoms with Crippen LogP contribution in [0.25, 0.3) is 0 Å². The van der Waals surface area contributed by atoms with Crippen LogP contribution in [0.3, 0.4) is 0 Å². The van der Waals surface area contributed by atoms with Crippen molar-refractivity contribution in [1.29, 1.82) is 0 Å². The lowest BCUT2D eigenvalue weighted by Crippen LogP contribution is -2.13. The average molecular weight is 312 g/mol. The summed E-state index contributed by atoms with van der Waals surface area (Å²) in [5.41, 5.74) is 0.673. The quantitative estimate of drug-likeness (QED) is 0.902. The highest BCUT2D eigenvalue weighted by molar-refractivity contribution is 7.93. The van der Waals surface area contributed by atoms with Crippen LogP contribution < -0.4 is 4.72 Å². The minimum absolute atomic E-state index is 0.0839. The monoisotopic (exact) mass is 312 g/mol. The molecule has 2 N–H and O–H groups in total. The molecular formula is C12H12N2O4S2. The van der Waals surface area contributed by atoms with Crippen molar-refractivity contribution in [2.45, 2.75) is 18.7 Å². The third kappa shape index (κ3) is 2.97. The molecule has 8 heteroatoms. The van der Waals surface area contributed by atoms with Crippen molar-refractivity contribution in [3.05, 3.63) is 40.4 Å². The molecule has 0 aliphatic heterocycles.